The number of hydrogen-bond acceptors (Lipinski definition) is 4. The van der Waals surface area contributed by atoms with Gasteiger partial charge in [0, 0.05) is 38.3 Å². The first kappa shape index (κ1) is 16.1. The minimum absolute atomic E-state index is 0.126. The molecule has 1 saturated heterocycles. The average molecular weight is 321 g/mol. The van der Waals surface area contributed by atoms with Crippen LogP contribution >= 0.6 is 0 Å². The number of piperazine rings is 1. The molecule has 0 bridgehead atoms. The second-order valence-electron chi connectivity index (χ2n) is 4.76. The van der Waals surface area contributed by atoms with E-state index in [0.717, 1.165) is 10.4 Å². The van der Waals surface area contributed by atoms with Crippen molar-refractivity contribution in [3.8, 4) is 5.75 Å². The molecule has 118 valence electrons. The zero-order chi connectivity index (χ0) is 15.6. The van der Waals surface area contributed by atoms with Crippen LogP contribution in [0, 0.1) is 11.6 Å². The summed E-state index contributed by atoms with van der Waals surface area (Å²) in [4.78, 5) is 1.82. The molecule has 2 rings (SSSR count). The minimum atomic E-state index is -3.70. The summed E-state index contributed by atoms with van der Waals surface area (Å²) in [7, 11) is -2.32. The Labute approximate surface area is 122 Å². The van der Waals surface area contributed by atoms with Gasteiger partial charge in [-0.3, -0.25) is 4.90 Å². The molecule has 21 heavy (non-hydrogen) atoms. The van der Waals surface area contributed by atoms with E-state index in [2.05, 4.69) is 0 Å². The van der Waals surface area contributed by atoms with Crippen molar-refractivity contribution in [1.82, 2.24) is 9.21 Å². The lowest BCUT2D eigenvalue weighted by atomic mass is 10.1. The third-order valence-corrected chi connectivity index (χ3v) is 4.53. The molecule has 0 aromatic heterocycles. The molecule has 0 spiro atoms. The molecule has 9 heteroatoms. The molecule has 2 N–H and O–H groups in total. The predicted octanol–water partition coefficient (Wildman–Crippen LogP) is 0.295. The number of methoxy groups -OCH3 is 1. The summed E-state index contributed by atoms with van der Waals surface area (Å²) in [6, 6.07) is 2.38. The molecule has 0 radical (unpaired) electrons. The Balaban J connectivity index is 2.09. The van der Waals surface area contributed by atoms with E-state index in [1.165, 1.54) is 13.2 Å². The highest BCUT2D eigenvalue weighted by Gasteiger charge is 2.25. The summed E-state index contributed by atoms with van der Waals surface area (Å²) in [5.74, 6) is -1.61. The Bertz CT molecular complexity index is 616. The second-order valence-corrected chi connectivity index (χ2v) is 6.31. The quantitative estimate of drug-likeness (QED) is 0.865. The number of nitrogens with two attached hydrogens (primary N) is 1. The fraction of sp³-hybridized carbons (Fsp3) is 0.500. The van der Waals surface area contributed by atoms with Crippen molar-refractivity contribution in [1.29, 1.82) is 0 Å². The number of benzene rings is 1. The van der Waals surface area contributed by atoms with Crippen LogP contribution in [0.2, 0.25) is 0 Å². The first-order chi connectivity index (χ1) is 9.82. The maximum Gasteiger partial charge on any atom is 0.276 e. The summed E-state index contributed by atoms with van der Waals surface area (Å²) in [6.07, 6.45) is 0. The smallest absolute Gasteiger partial charge is 0.276 e. The van der Waals surface area contributed by atoms with Gasteiger partial charge in [0.05, 0.1) is 7.11 Å². The van der Waals surface area contributed by atoms with E-state index in [0.29, 0.717) is 13.1 Å². The molecular formula is C12H17F2N3O3S. The standard InChI is InChI=1S/C12H17F2N3O3S/c1-20-11-3-2-10(13)12(14)9(11)8-16-4-6-17(7-5-16)21(15,18)19/h2-3H,4-8H2,1H3,(H2,15,18,19). The van der Waals surface area contributed by atoms with E-state index >= 15 is 0 Å². The maximum absolute atomic E-state index is 13.9. The van der Waals surface area contributed by atoms with Crippen molar-refractivity contribution in [3.05, 3.63) is 29.3 Å². The normalized spacial score (nSPS) is 17.9. The molecule has 0 aliphatic carbocycles. The van der Waals surface area contributed by atoms with Crippen LogP contribution in [0.3, 0.4) is 0 Å². The van der Waals surface area contributed by atoms with Gasteiger partial charge < -0.3 is 4.74 Å². The molecule has 0 atom stereocenters. The number of rotatable bonds is 4. The number of nitrogens with zero attached hydrogens (tertiary/aromatic N) is 2. The topological polar surface area (TPSA) is 75.9 Å². The number of ether oxygens (including phenoxy) is 1. The Morgan fingerprint density at radius 3 is 2.38 bits per heavy atom. The zero-order valence-corrected chi connectivity index (χ0v) is 12.4. The Kier molecular flexibility index (Phi) is 4.77. The molecule has 6 nitrogen and oxygen atoms in total. The van der Waals surface area contributed by atoms with E-state index in [-0.39, 0.29) is 30.9 Å². The summed E-state index contributed by atoms with van der Waals surface area (Å²) in [5, 5.41) is 5.05. The zero-order valence-electron chi connectivity index (χ0n) is 11.6. The summed E-state index contributed by atoms with van der Waals surface area (Å²) < 4.78 is 55.8. The van der Waals surface area contributed by atoms with Crippen LogP contribution < -0.4 is 9.88 Å². The lowest BCUT2D eigenvalue weighted by Gasteiger charge is -2.33. The van der Waals surface area contributed by atoms with E-state index in [1.807, 2.05) is 4.90 Å². The third kappa shape index (κ3) is 3.67. The Morgan fingerprint density at radius 2 is 1.86 bits per heavy atom. The molecule has 1 aromatic carbocycles. The first-order valence-electron chi connectivity index (χ1n) is 6.34. The Hall–Kier alpha value is -1.29. The van der Waals surface area contributed by atoms with E-state index in [4.69, 9.17) is 9.88 Å². The minimum Gasteiger partial charge on any atom is -0.496 e. The van der Waals surface area contributed by atoms with Gasteiger partial charge in [-0.25, -0.2) is 13.9 Å². The van der Waals surface area contributed by atoms with Gasteiger partial charge in [-0.15, -0.1) is 0 Å². The lowest BCUT2D eigenvalue weighted by Crippen LogP contribution is -2.50. The molecule has 1 heterocycles. The number of halogens is 2. The van der Waals surface area contributed by atoms with Crippen molar-refractivity contribution >= 4 is 10.2 Å². The maximum atomic E-state index is 13.9. The highest BCUT2D eigenvalue weighted by atomic mass is 32.2. The Morgan fingerprint density at radius 1 is 1.24 bits per heavy atom. The van der Waals surface area contributed by atoms with Crippen LogP contribution in [0.5, 0.6) is 5.75 Å². The predicted molar refractivity (Wildman–Crippen MR) is 72.9 cm³/mol. The first-order valence-corrected chi connectivity index (χ1v) is 7.84. The van der Waals surface area contributed by atoms with Gasteiger partial charge in [-0.2, -0.15) is 12.7 Å². The second kappa shape index (κ2) is 6.22. The van der Waals surface area contributed by atoms with Gasteiger partial charge in [-0.05, 0) is 12.1 Å². The largest absolute Gasteiger partial charge is 0.496 e. The monoisotopic (exact) mass is 321 g/mol. The fourth-order valence-electron chi connectivity index (χ4n) is 2.28. The molecule has 0 amide bonds. The highest BCUT2D eigenvalue weighted by Crippen LogP contribution is 2.25. The SMILES string of the molecule is COc1ccc(F)c(F)c1CN1CCN(S(N)(=O)=O)CC1. The van der Waals surface area contributed by atoms with Crippen molar-refractivity contribution in [2.24, 2.45) is 5.14 Å². The van der Waals surface area contributed by atoms with Crippen molar-refractivity contribution in [2.45, 2.75) is 6.54 Å². The van der Waals surface area contributed by atoms with Gasteiger partial charge in [-0.1, -0.05) is 0 Å². The molecule has 1 aliphatic rings. The molecular weight excluding hydrogens is 304 g/mol. The van der Waals surface area contributed by atoms with Crippen LogP contribution in [0.4, 0.5) is 8.78 Å². The van der Waals surface area contributed by atoms with Gasteiger partial charge >= 0.3 is 0 Å². The van der Waals surface area contributed by atoms with Crippen molar-refractivity contribution < 1.29 is 21.9 Å². The average Bonchev–Trinajstić information content (AvgIpc) is 2.44. The van der Waals surface area contributed by atoms with Crippen LogP contribution in [-0.4, -0.2) is 50.9 Å². The highest BCUT2D eigenvalue weighted by molar-refractivity contribution is 7.86. The van der Waals surface area contributed by atoms with Crippen LogP contribution in [0.1, 0.15) is 5.56 Å². The summed E-state index contributed by atoms with van der Waals surface area (Å²) in [5.41, 5.74) is 0.126. The van der Waals surface area contributed by atoms with Gasteiger partial charge in [0.25, 0.3) is 10.2 Å². The van der Waals surface area contributed by atoms with Crippen LogP contribution in [-0.2, 0) is 16.8 Å². The van der Waals surface area contributed by atoms with E-state index in [9.17, 15) is 17.2 Å². The van der Waals surface area contributed by atoms with Gasteiger partial charge in [0.2, 0.25) is 0 Å². The molecule has 0 saturated carbocycles. The fourth-order valence-corrected chi connectivity index (χ4v) is 2.95. The van der Waals surface area contributed by atoms with Gasteiger partial charge in [0.1, 0.15) is 5.75 Å². The van der Waals surface area contributed by atoms with Gasteiger partial charge in [0.15, 0.2) is 11.6 Å². The molecule has 1 fully saturated rings. The molecule has 1 aromatic rings. The number of hydrogen-bond donors (Lipinski definition) is 1. The van der Waals surface area contributed by atoms with E-state index < -0.39 is 21.8 Å². The van der Waals surface area contributed by atoms with Crippen molar-refractivity contribution in [2.75, 3.05) is 33.3 Å². The van der Waals surface area contributed by atoms with Crippen molar-refractivity contribution in [3.63, 3.8) is 0 Å². The van der Waals surface area contributed by atoms with Crippen LogP contribution in [0.25, 0.3) is 0 Å². The molecule has 0 unspecified atom stereocenters. The third-order valence-electron chi connectivity index (χ3n) is 3.45. The summed E-state index contributed by atoms with van der Waals surface area (Å²) in [6.45, 7) is 1.35. The van der Waals surface area contributed by atoms with Crippen LogP contribution in [0.15, 0.2) is 12.1 Å². The molecule has 1 aliphatic heterocycles. The van der Waals surface area contributed by atoms with E-state index in [1.54, 1.807) is 0 Å². The summed E-state index contributed by atoms with van der Waals surface area (Å²) >= 11 is 0. The lowest BCUT2D eigenvalue weighted by molar-refractivity contribution is 0.177.